The van der Waals surface area contributed by atoms with Crippen LogP contribution in [0.2, 0.25) is 0 Å². The summed E-state index contributed by atoms with van der Waals surface area (Å²) < 4.78 is 2.88. The average Bonchev–Trinajstić information content (AvgIpc) is 2.14. The maximum absolute atomic E-state index is 10.2. The Hall–Kier alpha value is -0.770. The molecule has 0 aliphatic carbocycles. The lowest BCUT2D eigenvalue weighted by Gasteiger charge is -1.88. The lowest BCUT2D eigenvalue weighted by molar-refractivity contribution is -0.132. The molecule has 0 saturated carbocycles. The molecule has 1 rings (SSSR count). The number of carboxylic acids is 1. The second kappa shape index (κ2) is 2.23. The Balaban J connectivity index is 2.75. The van der Waals surface area contributed by atoms with Crippen molar-refractivity contribution in [2.75, 3.05) is 6.26 Å². The molecular weight excluding hydrogens is 138 g/mol. The first-order valence-electron chi connectivity index (χ1n) is 2.39. The van der Waals surface area contributed by atoms with Gasteiger partial charge < -0.3 is 9.83 Å². The Labute approximate surface area is 55.4 Å². The fourth-order valence-corrected chi connectivity index (χ4v) is 1.46. The number of carbonyl (C=O) groups is 1. The Morgan fingerprint density at radius 1 is 1.89 bits per heavy atom. The zero-order valence-corrected chi connectivity index (χ0v) is 5.73. The fraction of sp³-hybridized carbons (Fsp3) is 0.200. The molecule has 0 amide bonds. The Morgan fingerprint density at radius 2 is 2.56 bits per heavy atom. The van der Waals surface area contributed by atoms with Gasteiger partial charge in [0.15, 0.2) is 0 Å². The molecule has 0 aromatic rings. The molecule has 4 heteroatoms. The molecular formula is C5H7NO2S. The molecule has 0 fully saturated rings. The van der Waals surface area contributed by atoms with E-state index in [1.807, 2.05) is 6.26 Å². The van der Waals surface area contributed by atoms with E-state index in [2.05, 4.69) is 4.72 Å². The molecule has 9 heavy (non-hydrogen) atoms. The highest BCUT2D eigenvalue weighted by Crippen LogP contribution is 2.09. The number of rotatable bonds is 1. The number of hydrogen-bond donors (Lipinski definition) is 2. The third-order valence-electron chi connectivity index (χ3n) is 0.951. The molecule has 0 radical (unpaired) electrons. The fourth-order valence-electron chi connectivity index (χ4n) is 0.527. The number of hydrogen-bond acceptors (Lipinski definition) is 2. The van der Waals surface area contributed by atoms with E-state index >= 15 is 0 Å². The number of carboxylic acid groups (broad SMARTS) is 1. The van der Waals surface area contributed by atoms with Gasteiger partial charge in [0.05, 0.1) is 5.57 Å². The van der Waals surface area contributed by atoms with E-state index in [0.29, 0.717) is 5.57 Å². The number of nitrogens with one attached hydrogen (secondary N) is 1. The van der Waals surface area contributed by atoms with Gasteiger partial charge in [-0.1, -0.05) is 10.7 Å². The first-order valence-corrected chi connectivity index (χ1v) is 4.09. The van der Waals surface area contributed by atoms with Crippen LogP contribution in [0.5, 0.6) is 0 Å². The van der Waals surface area contributed by atoms with Gasteiger partial charge >= 0.3 is 5.97 Å². The van der Waals surface area contributed by atoms with Gasteiger partial charge in [0.1, 0.15) is 0 Å². The van der Waals surface area contributed by atoms with Crippen molar-refractivity contribution in [3.8, 4) is 0 Å². The molecule has 1 heterocycles. The molecule has 50 valence electrons. The van der Waals surface area contributed by atoms with Crippen molar-refractivity contribution in [1.82, 2.24) is 4.72 Å². The lowest BCUT2D eigenvalue weighted by atomic mass is 10.3. The van der Waals surface area contributed by atoms with E-state index in [0.717, 1.165) is 0 Å². The highest BCUT2D eigenvalue weighted by atomic mass is 32.2. The van der Waals surface area contributed by atoms with E-state index in [9.17, 15) is 4.79 Å². The molecule has 2 N–H and O–H groups in total. The zero-order chi connectivity index (χ0) is 6.85. The van der Waals surface area contributed by atoms with Crippen LogP contribution in [0, 0.1) is 0 Å². The van der Waals surface area contributed by atoms with Gasteiger partial charge in [-0.25, -0.2) is 4.79 Å². The molecule has 3 nitrogen and oxygen atoms in total. The van der Waals surface area contributed by atoms with Crippen LogP contribution in [-0.2, 0) is 4.79 Å². The normalized spacial score (nSPS) is 24.1. The monoisotopic (exact) mass is 145 g/mol. The van der Waals surface area contributed by atoms with Crippen molar-refractivity contribution in [3.63, 3.8) is 0 Å². The summed E-state index contributed by atoms with van der Waals surface area (Å²) in [5.74, 6) is -0.862. The van der Waals surface area contributed by atoms with Crippen LogP contribution in [0.3, 0.4) is 0 Å². The highest BCUT2D eigenvalue weighted by molar-refractivity contribution is 8.13. The minimum absolute atomic E-state index is 0.0719. The minimum atomic E-state index is -0.862. The van der Waals surface area contributed by atoms with Crippen LogP contribution < -0.4 is 4.72 Å². The largest absolute Gasteiger partial charge is 0.478 e. The van der Waals surface area contributed by atoms with Crippen LogP contribution in [-0.4, -0.2) is 22.7 Å². The summed E-state index contributed by atoms with van der Waals surface area (Å²) in [4.78, 5) is 10.2. The van der Waals surface area contributed by atoms with Crippen LogP contribution in [0.4, 0.5) is 0 Å². The molecule has 0 spiro atoms. The summed E-state index contributed by atoms with van der Waals surface area (Å²) >= 11 is 0. The van der Waals surface area contributed by atoms with Crippen molar-refractivity contribution in [3.05, 3.63) is 11.8 Å². The molecule has 0 saturated heterocycles. The van der Waals surface area contributed by atoms with E-state index in [4.69, 9.17) is 5.11 Å². The second-order valence-corrected chi connectivity index (χ2v) is 3.28. The smallest absolute Gasteiger partial charge is 0.337 e. The molecule has 0 bridgehead atoms. The summed E-state index contributed by atoms with van der Waals surface area (Å²) in [6.07, 6.45) is 3.44. The van der Waals surface area contributed by atoms with E-state index in [-0.39, 0.29) is 10.7 Å². The maximum Gasteiger partial charge on any atom is 0.337 e. The van der Waals surface area contributed by atoms with Crippen molar-refractivity contribution in [2.24, 2.45) is 0 Å². The second-order valence-electron chi connectivity index (χ2n) is 1.70. The molecule has 1 unspecified atom stereocenters. The van der Waals surface area contributed by atoms with Gasteiger partial charge in [0.25, 0.3) is 0 Å². The van der Waals surface area contributed by atoms with Gasteiger partial charge in [0, 0.05) is 6.20 Å². The van der Waals surface area contributed by atoms with Crippen LogP contribution in [0.25, 0.3) is 0 Å². The van der Waals surface area contributed by atoms with Gasteiger partial charge in [-0.05, 0) is 11.6 Å². The first-order chi connectivity index (χ1) is 4.20. The predicted octanol–water partition coefficient (Wildman–Crippen LogP) is 0.174. The summed E-state index contributed by atoms with van der Waals surface area (Å²) in [6, 6.07) is 0. The molecule has 1 aliphatic rings. The molecule has 0 aromatic carbocycles. The van der Waals surface area contributed by atoms with E-state index in [1.54, 1.807) is 5.37 Å². The quantitative estimate of drug-likeness (QED) is 0.517. The molecule has 0 aromatic heterocycles. The molecule has 1 atom stereocenters. The predicted molar refractivity (Wildman–Crippen MR) is 38.4 cm³/mol. The van der Waals surface area contributed by atoms with Crippen LogP contribution >= 0.6 is 10.7 Å². The van der Waals surface area contributed by atoms with Crippen molar-refractivity contribution in [1.29, 1.82) is 0 Å². The third kappa shape index (κ3) is 1.32. The highest BCUT2D eigenvalue weighted by Gasteiger charge is 2.07. The SMILES string of the molecule is CS1=CC(C(=O)O)=CN1. The average molecular weight is 145 g/mol. The van der Waals surface area contributed by atoms with Crippen LogP contribution in [0.1, 0.15) is 0 Å². The summed E-state index contributed by atoms with van der Waals surface area (Å²) in [6.45, 7) is 0. The number of aliphatic carboxylic acids is 1. The third-order valence-corrected chi connectivity index (χ3v) is 2.05. The molecule has 1 aliphatic heterocycles. The van der Waals surface area contributed by atoms with Gasteiger partial charge in [-0.2, -0.15) is 0 Å². The van der Waals surface area contributed by atoms with E-state index < -0.39 is 5.97 Å². The van der Waals surface area contributed by atoms with Gasteiger partial charge in [0.2, 0.25) is 0 Å². The van der Waals surface area contributed by atoms with Crippen molar-refractivity contribution >= 4 is 22.0 Å². The Bertz CT molecular complexity index is 207. The summed E-state index contributed by atoms with van der Waals surface area (Å²) in [5, 5.41) is 10.1. The standard InChI is InChI=1S/C5H7NO2S/c1-9-3-4(2-6-9)5(7)8/h2-3,6H,1H3,(H,7,8). The Morgan fingerprint density at radius 3 is 2.78 bits per heavy atom. The Kier molecular flexibility index (Phi) is 1.57. The topological polar surface area (TPSA) is 49.3 Å². The van der Waals surface area contributed by atoms with Gasteiger partial charge in [-0.3, -0.25) is 0 Å². The maximum atomic E-state index is 10.2. The van der Waals surface area contributed by atoms with Crippen LogP contribution in [0.15, 0.2) is 11.8 Å². The first kappa shape index (κ1) is 6.35. The van der Waals surface area contributed by atoms with Crippen molar-refractivity contribution in [2.45, 2.75) is 0 Å². The van der Waals surface area contributed by atoms with E-state index in [1.165, 1.54) is 6.20 Å². The zero-order valence-electron chi connectivity index (χ0n) is 4.92. The summed E-state index contributed by atoms with van der Waals surface area (Å²) in [7, 11) is -0.0719. The van der Waals surface area contributed by atoms with Crippen molar-refractivity contribution < 1.29 is 9.90 Å². The minimum Gasteiger partial charge on any atom is -0.478 e. The lowest BCUT2D eigenvalue weighted by Crippen LogP contribution is -1.98. The summed E-state index contributed by atoms with van der Waals surface area (Å²) in [5.41, 5.74) is 0.362. The van der Waals surface area contributed by atoms with Gasteiger partial charge in [-0.15, -0.1) is 0 Å².